The summed E-state index contributed by atoms with van der Waals surface area (Å²) in [6.07, 6.45) is 4.35. The molecule has 1 N–H and O–H groups in total. The smallest absolute Gasteiger partial charge is 0.415 e. The van der Waals surface area contributed by atoms with Gasteiger partial charge in [0.1, 0.15) is 0 Å². The summed E-state index contributed by atoms with van der Waals surface area (Å²) in [4.78, 5) is 16.3. The molecule has 2 aliphatic rings. The van der Waals surface area contributed by atoms with E-state index in [1.165, 1.54) is 0 Å². The van der Waals surface area contributed by atoms with Gasteiger partial charge in [-0.05, 0) is 50.2 Å². The monoisotopic (exact) mass is 397 g/mol. The van der Waals surface area contributed by atoms with E-state index < -0.39 is 6.09 Å². The van der Waals surface area contributed by atoms with Crippen LogP contribution >= 0.6 is 0 Å². The molecule has 8 nitrogen and oxygen atoms in total. The number of allylic oxidation sites excluding steroid dienone is 4. The van der Waals surface area contributed by atoms with Crippen molar-refractivity contribution in [1.29, 1.82) is 0 Å². The zero-order valence-corrected chi connectivity index (χ0v) is 16.9. The molecule has 0 radical (unpaired) electrons. The number of anilines is 1. The van der Waals surface area contributed by atoms with Gasteiger partial charge in [-0.15, -0.1) is 0 Å². The van der Waals surface area contributed by atoms with E-state index >= 15 is 0 Å². The third-order valence-corrected chi connectivity index (χ3v) is 5.19. The second-order valence-corrected chi connectivity index (χ2v) is 7.27. The van der Waals surface area contributed by atoms with Gasteiger partial charge in [0.15, 0.2) is 0 Å². The maximum atomic E-state index is 13.2. The second kappa shape index (κ2) is 8.50. The van der Waals surface area contributed by atoms with Gasteiger partial charge in [0, 0.05) is 37.8 Å². The van der Waals surface area contributed by atoms with E-state index in [0.29, 0.717) is 23.4 Å². The minimum absolute atomic E-state index is 0.0923. The van der Waals surface area contributed by atoms with Crippen molar-refractivity contribution in [2.75, 3.05) is 38.7 Å². The summed E-state index contributed by atoms with van der Waals surface area (Å²) in [7, 11) is 1.99. The lowest BCUT2D eigenvalue weighted by Gasteiger charge is -2.31. The maximum Gasteiger partial charge on any atom is 0.415 e. The highest BCUT2D eigenvalue weighted by Gasteiger charge is 2.29. The van der Waals surface area contributed by atoms with Crippen molar-refractivity contribution in [2.45, 2.75) is 13.8 Å². The first-order chi connectivity index (χ1) is 13.8. The minimum Gasteiger partial charge on any atom is -0.761 e. The fourth-order valence-corrected chi connectivity index (χ4v) is 3.20. The van der Waals surface area contributed by atoms with Crippen molar-refractivity contribution in [2.24, 2.45) is 0 Å². The highest BCUT2D eigenvalue weighted by atomic mass is 16.6. The lowest BCUT2D eigenvalue weighted by Crippen LogP contribution is -2.47. The molecule has 154 valence electrons. The van der Waals surface area contributed by atoms with E-state index in [2.05, 4.69) is 11.5 Å². The molecule has 1 amide bonds. The minimum atomic E-state index is -0.513. The van der Waals surface area contributed by atoms with Crippen molar-refractivity contribution in [3.05, 3.63) is 69.8 Å². The quantitative estimate of drug-likeness (QED) is 0.478. The highest BCUT2D eigenvalue weighted by Crippen LogP contribution is 2.30. The van der Waals surface area contributed by atoms with Crippen molar-refractivity contribution >= 4 is 23.2 Å². The van der Waals surface area contributed by atoms with Crippen LogP contribution in [0.15, 0.2) is 48.3 Å². The molecule has 1 saturated heterocycles. The summed E-state index contributed by atoms with van der Waals surface area (Å²) < 4.78 is 6.14. The highest BCUT2D eigenvalue weighted by molar-refractivity contribution is 6.12. The number of hydrogen-bond donors (Lipinski definition) is 1. The van der Waals surface area contributed by atoms with E-state index in [0.717, 1.165) is 24.2 Å². The Labute approximate surface area is 170 Å². The summed E-state index contributed by atoms with van der Waals surface area (Å²) in [5.41, 5.74) is 4.31. The van der Waals surface area contributed by atoms with Gasteiger partial charge in [-0.1, -0.05) is 12.7 Å². The zero-order valence-electron chi connectivity index (χ0n) is 16.9. The van der Waals surface area contributed by atoms with E-state index in [1.54, 1.807) is 35.3 Å². The van der Waals surface area contributed by atoms with Gasteiger partial charge in [0.2, 0.25) is 11.4 Å². The molecule has 0 spiro atoms. The van der Waals surface area contributed by atoms with Gasteiger partial charge in [-0.3, -0.25) is 0 Å². The molecular formula is C21H25N4O4-. The number of carbonyl (C=O) groups is 1. The third kappa shape index (κ3) is 4.33. The second-order valence-electron chi connectivity index (χ2n) is 7.27. The number of likely N-dealkylation sites (N-methyl/N-ethyl adjacent to an activating group) is 1. The predicted molar refractivity (Wildman–Crippen MR) is 113 cm³/mol. The lowest BCUT2D eigenvalue weighted by atomic mass is 10.0. The van der Waals surface area contributed by atoms with Crippen LogP contribution in [-0.4, -0.2) is 59.6 Å². The molecule has 0 unspecified atom stereocenters. The number of nitrogens with one attached hydrogen (secondary N) is 1. The van der Waals surface area contributed by atoms with Gasteiger partial charge in [-0.25, -0.2) is 4.79 Å². The Hall–Kier alpha value is -3.10. The van der Waals surface area contributed by atoms with Crippen molar-refractivity contribution in [3.63, 3.8) is 0 Å². The Kier molecular flexibility index (Phi) is 6.05. The Morgan fingerprint density at radius 1 is 1.21 bits per heavy atom. The number of rotatable bonds is 3. The van der Waals surface area contributed by atoms with Crippen LogP contribution in [0.3, 0.4) is 0 Å². The molecule has 0 atom stereocenters. The largest absolute Gasteiger partial charge is 0.761 e. The van der Waals surface area contributed by atoms with Gasteiger partial charge in [-0.2, -0.15) is 4.74 Å². The molecule has 0 aromatic heterocycles. The molecule has 0 bridgehead atoms. The first-order valence-corrected chi connectivity index (χ1v) is 9.38. The van der Waals surface area contributed by atoms with Crippen LogP contribution in [0.1, 0.15) is 11.1 Å². The number of carbonyl (C=O) groups excluding carboxylic acids is 1. The van der Waals surface area contributed by atoms with Gasteiger partial charge in [0.25, 0.3) is 5.71 Å². The lowest BCUT2D eigenvalue weighted by molar-refractivity contribution is -0.359. The standard InChI is InChI=1S/C21H25N4O4/c1-14-6-5-7-19(29-21(26)24-10-8-23(4)9-11-24)20(14)25(28)18-13-16(3)15(2)12-17(18)22-27/h5-7,12-13,22H,1,8-11H2,2-4H3/q-1/b25-20-. The van der Waals surface area contributed by atoms with Crippen molar-refractivity contribution in [3.8, 4) is 0 Å². The Morgan fingerprint density at radius 3 is 2.52 bits per heavy atom. The predicted octanol–water partition coefficient (Wildman–Crippen LogP) is 3.19. The number of benzene rings is 1. The van der Waals surface area contributed by atoms with E-state index in [-0.39, 0.29) is 22.8 Å². The first kappa shape index (κ1) is 20.6. The molecule has 1 heterocycles. The summed E-state index contributed by atoms with van der Waals surface area (Å²) in [6.45, 7) is 10.2. The molecule has 8 heteroatoms. The zero-order chi connectivity index (χ0) is 21.1. The molecule has 1 aliphatic carbocycles. The summed E-state index contributed by atoms with van der Waals surface area (Å²) in [5, 5.41) is 24.6. The SMILES string of the molecule is C=C1C=CC=C(OC(=O)N2CCN(C)CC2)/C1=[N+](\[O-])c1cc(C)c(C)cc1N[O-]. The summed E-state index contributed by atoms with van der Waals surface area (Å²) in [5.74, 6) is 0.103. The van der Waals surface area contributed by atoms with Crippen LogP contribution in [0.5, 0.6) is 0 Å². The van der Waals surface area contributed by atoms with E-state index in [1.807, 2.05) is 26.4 Å². The van der Waals surface area contributed by atoms with Crippen molar-refractivity contribution < 1.29 is 14.3 Å². The molecule has 1 aliphatic heterocycles. The summed E-state index contributed by atoms with van der Waals surface area (Å²) in [6, 6.07) is 3.24. The Morgan fingerprint density at radius 2 is 1.86 bits per heavy atom. The molecular weight excluding hydrogens is 372 g/mol. The molecule has 1 aromatic rings. The van der Waals surface area contributed by atoms with Gasteiger partial charge >= 0.3 is 6.09 Å². The number of nitrogens with zero attached hydrogens (tertiary/aromatic N) is 3. The van der Waals surface area contributed by atoms with E-state index in [9.17, 15) is 15.2 Å². The van der Waals surface area contributed by atoms with Crippen LogP contribution in [0.25, 0.3) is 0 Å². The molecule has 29 heavy (non-hydrogen) atoms. The molecule has 3 rings (SSSR count). The van der Waals surface area contributed by atoms with Crippen molar-refractivity contribution in [1.82, 2.24) is 9.80 Å². The fraction of sp³-hybridized carbons (Fsp3) is 0.333. The Bertz CT molecular complexity index is 925. The number of hydrogen-bond acceptors (Lipinski definition) is 6. The topological polar surface area (TPSA) is 93.9 Å². The van der Waals surface area contributed by atoms with Gasteiger partial charge < -0.3 is 30.4 Å². The number of aryl methyl sites for hydroxylation is 2. The fourth-order valence-electron chi connectivity index (χ4n) is 3.20. The average Bonchev–Trinajstić information content (AvgIpc) is 2.70. The number of ether oxygens (including phenoxy) is 1. The van der Waals surface area contributed by atoms with Gasteiger partial charge in [0.05, 0.1) is 5.69 Å². The molecule has 0 saturated carbocycles. The number of amides is 1. The van der Waals surface area contributed by atoms with Crippen LogP contribution < -0.4 is 5.48 Å². The molecule has 1 aromatic carbocycles. The Balaban J connectivity index is 1.95. The number of piperazine rings is 1. The third-order valence-electron chi connectivity index (χ3n) is 5.19. The van der Waals surface area contributed by atoms with Crippen LogP contribution in [0.2, 0.25) is 0 Å². The first-order valence-electron chi connectivity index (χ1n) is 9.38. The van der Waals surface area contributed by atoms with Crippen LogP contribution in [0.4, 0.5) is 16.2 Å². The molecule has 1 fully saturated rings. The normalized spacial score (nSPS) is 19.1. The summed E-state index contributed by atoms with van der Waals surface area (Å²) >= 11 is 0. The van der Waals surface area contributed by atoms with Crippen LogP contribution in [0, 0.1) is 24.3 Å². The average molecular weight is 397 g/mol. The maximum absolute atomic E-state index is 13.2. The van der Waals surface area contributed by atoms with E-state index in [4.69, 9.17) is 4.74 Å². The van der Waals surface area contributed by atoms with Crippen LogP contribution in [-0.2, 0) is 4.74 Å².